The van der Waals surface area contributed by atoms with Crippen LogP contribution >= 0.6 is 0 Å². The minimum absolute atomic E-state index is 0.241. The molecule has 0 aliphatic carbocycles. The molecule has 77 heavy (non-hydrogen) atoms. The number of unbranched alkanes of at least 4 members (excludes halogenated alkanes) is 34. The van der Waals surface area contributed by atoms with Gasteiger partial charge < -0.3 is 65.1 Å². The van der Waals surface area contributed by atoms with Crippen LogP contribution in [0.5, 0.6) is 0 Å². The molecule has 2 saturated heterocycles. The smallest absolute Gasteiger partial charge is 0.220 e. The van der Waals surface area contributed by atoms with E-state index in [1.807, 2.05) is 6.08 Å². The number of amides is 1. The largest absolute Gasteiger partial charge is 0.394 e. The SMILES string of the molecule is CCCCCC/C=C/C(O)C(COC1OC(CO)C(OC2OC(CO)C(O)C(O)C2O)C(O)C1O)NC(=O)CCCCCCCCCCCCCCCCCCCCCCCCCCC/C=C\C/C=C\CCCCCCC. The number of nitrogens with one attached hydrogen (secondary N) is 1. The predicted octanol–water partition coefficient (Wildman–Crippen LogP) is 11.4. The maximum Gasteiger partial charge on any atom is 0.220 e. The van der Waals surface area contributed by atoms with Crippen LogP contribution in [0.2, 0.25) is 0 Å². The first-order chi connectivity index (χ1) is 37.6. The lowest BCUT2D eigenvalue weighted by atomic mass is 9.97. The van der Waals surface area contributed by atoms with Gasteiger partial charge in [-0.15, -0.1) is 0 Å². The fourth-order valence-electron chi connectivity index (χ4n) is 10.4. The Balaban J connectivity index is 1.49. The zero-order valence-electron chi connectivity index (χ0n) is 48.7. The van der Waals surface area contributed by atoms with E-state index in [0.717, 1.165) is 57.8 Å². The quantitative estimate of drug-likeness (QED) is 0.0204. The van der Waals surface area contributed by atoms with E-state index in [9.17, 15) is 45.6 Å². The molecular weight excluding hydrogens is 979 g/mol. The fraction of sp³-hybridized carbons (Fsp3) is 0.889. The van der Waals surface area contributed by atoms with Crippen molar-refractivity contribution in [1.29, 1.82) is 0 Å². The maximum atomic E-state index is 13.1. The Bertz CT molecular complexity index is 1430. The summed E-state index contributed by atoms with van der Waals surface area (Å²) >= 11 is 0. The third-order valence-corrected chi connectivity index (χ3v) is 15.6. The van der Waals surface area contributed by atoms with Crippen molar-refractivity contribution in [3.8, 4) is 0 Å². The summed E-state index contributed by atoms with van der Waals surface area (Å²) in [4.78, 5) is 13.1. The van der Waals surface area contributed by atoms with Crippen molar-refractivity contribution in [1.82, 2.24) is 5.32 Å². The van der Waals surface area contributed by atoms with Gasteiger partial charge in [0, 0.05) is 6.42 Å². The van der Waals surface area contributed by atoms with E-state index in [4.69, 9.17) is 18.9 Å². The summed E-state index contributed by atoms with van der Waals surface area (Å²) < 4.78 is 22.6. The summed E-state index contributed by atoms with van der Waals surface area (Å²) in [5.41, 5.74) is 0. The number of aliphatic hydroxyl groups is 8. The minimum Gasteiger partial charge on any atom is -0.394 e. The first kappa shape index (κ1) is 71.3. The Morgan fingerprint density at radius 3 is 1.31 bits per heavy atom. The van der Waals surface area contributed by atoms with Gasteiger partial charge in [0.1, 0.15) is 48.8 Å². The Labute approximate surface area is 468 Å². The molecule has 14 nitrogen and oxygen atoms in total. The van der Waals surface area contributed by atoms with Gasteiger partial charge in [0.05, 0.1) is 32.0 Å². The molecule has 2 heterocycles. The topological polar surface area (TPSA) is 228 Å². The number of hydrogen-bond donors (Lipinski definition) is 9. The highest BCUT2D eigenvalue weighted by molar-refractivity contribution is 5.76. The Morgan fingerprint density at radius 2 is 0.857 bits per heavy atom. The van der Waals surface area contributed by atoms with Gasteiger partial charge in [-0.25, -0.2) is 0 Å². The van der Waals surface area contributed by atoms with Crippen LogP contribution in [-0.4, -0.2) is 140 Å². The third kappa shape index (κ3) is 34.3. The van der Waals surface area contributed by atoms with Crippen LogP contribution in [0.3, 0.4) is 0 Å². The molecule has 9 N–H and O–H groups in total. The molecule has 14 heteroatoms. The molecule has 0 radical (unpaired) electrons. The van der Waals surface area contributed by atoms with Gasteiger partial charge in [-0.05, 0) is 51.4 Å². The summed E-state index contributed by atoms with van der Waals surface area (Å²) in [6, 6.07) is -0.908. The highest BCUT2D eigenvalue weighted by Crippen LogP contribution is 2.30. The van der Waals surface area contributed by atoms with Crippen LogP contribution in [0.1, 0.15) is 264 Å². The highest BCUT2D eigenvalue weighted by atomic mass is 16.7. The second-order valence-electron chi connectivity index (χ2n) is 22.5. The second kappa shape index (κ2) is 48.9. The van der Waals surface area contributed by atoms with Crippen LogP contribution in [-0.2, 0) is 23.7 Å². The molecule has 12 unspecified atom stereocenters. The molecule has 2 aliphatic heterocycles. The molecular formula is C63H117NO13. The van der Waals surface area contributed by atoms with E-state index in [1.54, 1.807) is 6.08 Å². The molecule has 0 aromatic carbocycles. The molecule has 2 rings (SSSR count). The molecule has 0 aromatic heterocycles. The molecule has 452 valence electrons. The van der Waals surface area contributed by atoms with E-state index in [2.05, 4.69) is 43.5 Å². The standard InChI is InChI=1S/C63H117NO13/c1-3-5-7-9-11-12-13-14-15-16-17-18-19-20-21-22-23-24-25-26-27-28-29-30-31-32-33-34-35-36-37-38-39-40-41-43-45-47-55(68)64-51(52(67)46-44-42-10-8-6-4-2)50-74-62-60(73)58(71)61(54(49-66)76-62)77-63-59(72)57(70)56(69)53(48-65)75-63/h13-14,16-17,44,46,51-54,56-63,65-67,69-73H,3-12,15,18-43,45,47-50H2,1-2H3,(H,64,68)/b14-13-,17-16-,46-44+. The lowest BCUT2D eigenvalue weighted by molar-refractivity contribution is -0.359. The van der Waals surface area contributed by atoms with E-state index in [1.165, 1.54) is 180 Å². The summed E-state index contributed by atoms with van der Waals surface area (Å²) in [5.74, 6) is -0.241. The zero-order chi connectivity index (χ0) is 56.0. The van der Waals surface area contributed by atoms with Crippen molar-refractivity contribution in [2.24, 2.45) is 0 Å². The van der Waals surface area contributed by atoms with Gasteiger partial charge in [0.2, 0.25) is 5.91 Å². The van der Waals surface area contributed by atoms with E-state index in [0.29, 0.717) is 6.42 Å². The fourth-order valence-corrected chi connectivity index (χ4v) is 10.4. The van der Waals surface area contributed by atoms with Crippen molar-refractivity contribution in [2.45, 2.75) is 338 Å². The first-order valence-electron chi connectivity index (χ1n) is 31.7. The average molecular weight is 1100 g/mol. The van der Waals surface area contributed by atoms with Gasteiger partial charge in [0.15, 0.2) is 12.6 Å². The lowest BCUT2D eigenvalue weighted by Gasteiger charge is -2.46. The molecule has 0 aromatic rings. The van der Waals surface area contributed by atoms with Crippen molar-refractivity contribution in [3.63, 3.8) is 0 Å². The van der Waals surface area contributed by atoms with Crippen molar-refractivity contribution in [2.75, 3.05) is 19.8 Å². The molecule has 1 amide bonds. The lowest BCUT2D eigenvalue weighted by Crippen LogP contribution is -2.65. The van der Waals surface area contributed by atoms with Gasteiger partial charge in [-0.2, -0.15) is 0 Å². The summed E-state index contributed by atoms with van der Waals surface area (Å²) in [6.45, 7) is 2.70. The minimum atomic E-state index is -1.79. The normalized spacial score (nSPS) is 24.9. The van der Waals surface area contributed by atoms with Crippen LogP contribution in [0, 0.1) is 0 Å². The van der Waals surface area contributed by atoms with Gasteiger partial charge in [0.25, 0.3) is 0 Å². The summed E-state index contributed by atoms with van der Waals surface area (Å²) in [5, 5.41) is 86.5. The third-order valence-electron chi connectivity index (χ3n) is 15.6. The molecule has 2 aliphatic rings. The Morgan fingerprint density at radius 1 is 0.468 bits per heavy atom. The highest BCUT2D eigenvalue weighted by Gasteiger charge is 2.51. The van der Waals surface area contributed by atoms with Crippen LogP contribution in [0.4, 0.5) is 0 Å². The van der Waals surface area contributed by atoms with E-state index in [-0.39, 0.29) is 18.9 Å². The average Bonchev–Trinajstić information content (AvgIpc) is 3.43. The van der Waals surface area contributed by atoms with Crippen molar-refractivity contribution >= 4 is 5.91 Å². The Kier molecular flexibility index (Phi) is 45.3. The van der Waals surface area contributed by atoms with Crippen LogP contribution < -0.4 is 5.32 Å². The predicted molar refractivity (Wildman–Crippen MR) is 309 cm³/mol. The number of hydrogen-bond acceptors (Lipinski definition) is 13. The van der Waals surface area contributed by atoms with E-state index < -0.39 is 86.8 Å². The number of rotatable bonds is 51. The first-order valence-corrected chi connectivity index (χ1v) is 31.7. The van der Waals surface area contributed by atoms with Gasteiger partial charge >= 0.3 is 0 Å². The number of carbonyl (C=O) groups excluding carboxylic acids is 1. The number of allylic oxidation sites excluding steroid dienone is 5. The van der Waals surface area contributed by atoms with Gasteiger partial charge in [-0.3, -0.25) is 4.79 Å². The van der Waals surface area contributed by atoms with Crippen LogP contribution in [0.15, 0.2) is 36.5 Å². The number of ether oxygens (including phenoxy) is 4. The molecule has 0 saturated carbocycles. The number of aliphatic hydroxyl groups excluding tert-OH is 8. The molecule has 12 atom stereocenters. The molecule has 2 fully saturated rings. The summed E-state index contributed by atoms with van der Waals surface area (Å²) in [6.07, 6.45) is 44.3. The zero-order valence-corrected chi connectivity index (χ0v) is 48.7. The van der Waals surface area contributed by atoms with E-state index >= 15 is 0 Å². The molecule has 0 bridgehead atoms. The molecule has 0 spiro atoms. The Hall–Kier alpha value is -1.79. The van der Waals surface area contributed by atoms with Crippen LogP contribution in [0.25, 0.3) is 0 Å². The summed E-state index contributed by atoms with van der Waals surface area (Å²) in [7, 11) is 0. The monoisotopic (exact) mass is 1100 g/mol. The maximum absolute atomic E-state index is 13.1. The second-order valence-corrected chi connectivity index (χ2v) is 22.5. The number of carbonyl (C=O) groups is 1. The van der Waals surface area contributed by atoms with Gasteiger partial charge in [-0.1, -0.05) is 243 Å². The van der Waals surface area contributed by atoms with Crippen molar-refractivity contribution < 1.29 is 64.6 Å². The van der Waals surface area contributed by atoms with Crippen molar-refractivity contribution in [3.05, 3.63) is 36.5 Å².